The van der Waals surface area contributed by atoms with E-state index < -0.39 is 0 Å². The molecule has 0 unspecified atom stereocenters. The van der Waals surface area contributed by atoms with Crippen molar-refractivity contribution in [2.24, 2.45) is 0 Å². The summed E-state index contributed by atoms with van der Waals surface area (Å²) in [6.45, 7) is 1.78. The van der Waals surface area contributed by atoms with Crippen LogP contribution in [-0.4, -0.2) is 31.2 Å². The van der Waals surface area contributed by atoms with Gasteiger partial charge in [-0.25, -0.2) is 0 Å². The van der Waals surface area contributed by atoms with Crippen LogP contribution in [0.2, 0.25) is 0 Å². The highest BCUT2D eigenvalue weighted by Gasteiger charge is 2.22. The predicted octanol–water partition coefficient (Wildman–Crippen LogP) is 1.84. The van der Waals surface area contributed by atoms with Gasteiger partial charge >= 0.3 is 0 Å². The summed E-state index contributed by atoms with van der Waals surface area (Å²) in [7, 11) is 0. The highest BCUT2D eigenvalue weighted by atomic mass is 16.6. The number of benzene rings is 1. The molecule has 1 aromatic carbocycles. The highest BCUT2D eigenvalue weighted by molar-refractivity contribution is 5.66. The van der Waals surface area contributed by atoms with Crippen molar-refractivity contribution >= 4 is 11.4 Å². The Morgan fingerprint density at radius 3 is 2.80 bits per heavy atom. The second-order valence-electron chi connectivity index (χ2n) is 4.87. The van der Waals surface area contributed by atoms with Crippen LogP contribution in [0.25, 0.3) is 5.69 Å². The molecule has 1 fully saturated rings. The van der Waals surface area contributed by atoms with E-state index in [-0.39, 0.29) is 10.6 Å². The van der Waals surface area contributed by atoms with Gasteiger partial charge in [-0.3, -0.25) is 10.1 Å². The number of nitro groups is 1. The molecule has 8 nitrogen and oxygen atoms in total. The number of hydrogen-bond acceptors (Lipinski definition) is 6. The summed E-state index contributed by atoms with van der Waals surface area (Å²) < 4.78 is 1.55. The van der Waals surface area contributed by atoms with Crippen LogP contribution in [0.15, 0.2) is 18.2 Å². The largest absolute Gasteiger partial charge is 0.377 e. The van der Waals surface area contributed by atoms with Crippen LogP contribution in [0.4, 0.5) is 11.4 Å². The third-order valence-corrected chi connectivity index (χ3v) is 3.51. The molecule has 104 valence electrons. The van der Waals surface area contributed by atoms with Gasteiger partial charge in [-0.1, -0.05) is 0 Å². The molecule has 2 aromatic rings. The fraction of sp³-hybridized carbons (Fsp3) is 0.417. The zero-order valence-corrected chi connectivity index (χ0v) is 11.0. The van der Waals surface area contributed by atoms with Crippen LogP contribution in [0.1, 0.15) is 25.1 Å². The van der Waals surface area contributed by atoms with E-state index in [0.717, 1.165) is 19.3 Å². The molecule has 1 aliphatic rings. The second kappa shape index (κ2) is 4.87. The molecule has 0 aliphatic heterocycles. The Labute approximate surface area is 114 Å². The van der Waals surface area contributed by atoms with Crippen LogP contribution < -0.4 is 5.32 Å². The highest BCUT2D eigenvalue weighted by Crippen LogP contribution is 2.31. The first-order valence-corrected chi connectivity index (χ1v) is 6.45. The Morgan fingerprint density at radius 1 is 1.45 bits per heavy atom. The van der Waals surface area contributed by atoms with Gasteiger partial charge in [-0.15, -0.1) is 5.10 Å². The second-order valence-corrected chi connectivity index (χ2v) is 4.87. The summed E-state index contributed by atoms with van der Waals surface area (Å²) in [5.41, 5.74) is 1.30. The molecule has 1 aromatic heterocycles. The van der Waals surface area contributed by atoms with Crippen LogP contribution in [0.5, 0.6) is 0 Å². The van der Waals surface area contributed by atoms with Crippen molar-refractivity contribution in [1.29, 1.82) is 0 Å². The maximum Gasteiger partial charge on any atom is 0.292 e. The van der Waals surface area contributed by atoms with E-state index in [9.17, 15) is 10.1 Å². The molecular weight excluding hydrogens is 260 g/mol. The summed E-state index contributed by atoms with van der Waals surface area (Å²) >= 11 is 0. The molecule has 0 saturated heterocycles. The lowest BCUT2D eigenvalue weighted by atomic mass is 9.93. The molecule has 1 N–H and O–H groups in total. The standard InChI is InChI=1S/C12H14N6O2/c1-8-14-15-16-17(8)10-5-6-12(18(19)20)11(7-10)13-9-3-2-4-9/h5-7,9,13H,2-4H2,1H3. The zero-order chi connectivity index (χ0) is 14.1. The quantitative estimate of drug-likeness (QED) is 0.674. The minimum absolute atomic E-state index is 0.0753. The van der Waals surface area contributed by atoms with Crippen molar-refractivity contribution in [1.82, 2.24) is 20.2 Å². The molecule has 3 rings (SSSR count). The number of nitrogens with one attached hydrogen (secondary N) is 1. The number of aryl methyl sites for hydroxylation is 1. The Bertz CT molecular complexity index is 649. The van der Waals surface area contributed by atoms with Crippen LogP contribution in [-0.2, 0) is 0 Å². The monoisotopic (exact) mass is 274 g/mol. The number of rotatable bonds is 4. The summed E-state index contributed by atoms with van der Waals surface area (Å²) in [5, 5.41) is 25.6. The summed E-state index contributed by atoms with van der Waals surface area (Å²) in [4.78, 5) is 10.7. The SMILES string of the molecule is Cc1nnnn1-c1ccc([N+](=O)[O-])c(NC2CCC2)c1. The van der Waals surface area contributed by atoms with Crippen molar-refractivity contribution in [2.45, 2.75) is 32.2 Å². The van der Waals surface area contributed by atoms with Crippen LogP contribution in [0.3, 0.4) is 0 Å². The van der Waals surface area contributed by atoms with Crippen molar-refractivity contribution in [3.05, 3.63) is 34.1 Å². The Morgan fingerprint density at radius 2 is 2.25 bits per heavy atom. The Kier molecular flexibility index (Phi) is 3.05. The molecular formula is C12H14N6O2. The first kappa shape index (κ1) is 12.5. The van der Waals surface area contributed by atoms with E-state index in [4.69, 9.17) is 0 Å². The summed E-state index contributed by atoms with van der Waals surface area (Å²) in [6, 6.07) is 5.17. The van der Waals surface area contributed by atoms with Crippen molar-refractivity contribution in [2.75, 3.05) is 5.32 Å². The summed E-state index contributed by atoms with van der Waals surface area (Å²) in [5.74, 6) is 0.633. The van der Waals surface area contributed by atoms with Crippen LogP contribution in [0, 0.1) is 17.0 Å². The maximum absolute atomic E-state index is 11.1. The molecule has 1 saturated carbocycles. The average molecular weight is 274 g/mol. The van der Waals surface area contributed by atoms with E-state index >= 15 is 0 Å². The van der Waals surface area contributed by atoms with Gasteiger partial charge in [0.1, 0.15) is 5.69 Å². The van der Waals surface area contributed by atoms with Gasteiger partial charge in [0.2, 0.25) is 0 Å². The smallest absolute Gasteiger partial charge is 0.292 e. The van der Waals surface area contributed by atoms with E-state index in [1.54, 1.807) is 23.7 Å². The fourth-order valence-electron chi connectivity index (χ4n) is 2.17. The van der Waals surface area contributed by atoms with Gasteiger partial charge in [0, 0.05) is 12.1 Å². The third-order valence-electron chi connectivity index (χ3n) is 3.51. The zero-order valence-electron chi connectivity index (χ0n) is 11.0. The van der Waals surface area contributed by atoms with Gasteiger partial charge < -0.3 is 5.32 Å². The normalized spacial score (nSPS) is 14.8. The molecule has 0 atom stereocenters. The molecule has 0 bridgehead atoms. The first-order chi connectivity index (χ1) is 9.65. The van der Waals surface area contributed by atoms with Crippen molar-refractivity contribution < 1.29 is 4.92 Å². The Balaban J connectivity index is 1.99. The minimum atomic E-state index is -0.378. The molecule has 1 heterocycles. The van der Waals surface area contributed by atoms with Crippen molar-refractivity contribution in [3.63, 3.8) is 0 Å². The number of hydrogen-bond donors (Lipinski definition) is 1. The first-order valence-electron chi connectivity index (χ1n) is 6.45. The van der Waals surface area contributed by atoms with Gasteiger partial charge in [0.25, 0.3) is 5.69 Å². The van der Waals surface area contributed by atoms with Crippen molar-refractivity contribution in [3.8, 4) is 5.69 Å². The molecule has 20 heavy (non-hydrogen) atoms. The lowest BCUT2D eigenvalue weighted by molar-refractivity contribution is -0.384. The molecule has 0 amide bonds. The van der Waals surface area contributed by atoms with Gasteiger partial charge in [0.15, 0.2) is 5.82 Å². The predicted molar refractivity (Wildman–Crippen MR) is 71.8 cm³/mol. The van der Waals surface area contributed by atoms with E-state index in [2.05, 4.69) is 20.8 Å². The van der Waals surface area contributed by atoms with E-state index in [0.29, 0.717) is 23.2 Å². The topological polar surface area (TPSA) is 98.8 Å². The molecule has 8 heteroatoms. The summed E-state index contributed by atoms with van der Waals surface area (Å²) in [6.07, 6.45) is 3.26. The Hall–Kier alpha value is -2.51. The lowest BCUT2D eigenvalue weighted by Gasteiger charge is -2.27. The number of nitro benzene ring substituents is 1. The number of tetrazole rings is 1. The number of anilines is 1. The minimum Gasteiger partial charge on any atom is -0.377 e. The average Bonchev–Trinajstić information content (AvgIpc) is 2.79. The van der Waals surface area contributed by atoms with Gasteiger partial charge in [-0.05, 0) is 48.7 Å². The maximum atomic E-state index is 11.1. The van der Waals surface area contributed by atoms with E-state index in [1.807, 2.05) is 0 Å². The van der Waals surface area contributed by atoms with E-state index in [1.165, 1.54) is 6.07 Å². The lowest BCUT2D eigenvalue weighted by Crippen LogP contribution is -2.27. The molecule has 0 spiro atoms. The van der Waals surface area contributed by atoms with Gasteiger partial charge in [-0.2, -0.15) is 4.68 Å². The third kappa shape index (κ3) is 2.20. The molecule has 0 radical (unpaired) electrons. The fourth-order valence-corrected chi connectivity index (χ4v) is 2.17. The van der Waals surface area contributed by atoms with Crippen LogP contribution >= 0.6 is 0 Å². The molecule has 1 aliphatic carbocycles. The van der Waals surface area contributed by atoms with Gasteiger partial charge in [0.05, 0.1) is 10.6 Å². The number of nitrogens with zero attached hydrogens (tertiary/aromatic N) is 5. The number of aromatic nitrogens is 4.